The molecule has 0 bridgehead atoms. The van der Waals surface area contributed by atoms with Crippen molar-refractivity contribution in [3.05, 3.63) is 34.6 Å². The van der Waals surface area contributed by atoms with Gasteiger partial charge in [-0.15, -0.1) is 0 Å². The van der Waals surface area contributed by atoms with Gasteiger partial charge >= 0.3 is 0 Å². The molecule has 0 amide bonds. The van der Waals surface area contributed by atoms with Gasteiger partial charge in [0.25, 0.3) is 0 Å². The molecule has 1 aliphatic rings. The summed E-state index contributed by atoms with van der Waals surface area (Å²) >= 11 is 6.01. The van der Waals surface area contributed by atoms with E-state index in [9.17, 15) is 9.50 Å². The molecule has 0 radical (unpaired) electrons. The minimum Gasteiger partial charge on any atom is -0.389 e. The molecule has 1 nitrogen and oxygen atoms in total. The smallest absolute Gasteiger partial charge is 0.123 e. The lowest BCUT2D eigenvalue weighted by Crippen LogP contribution is -2.34. The van der Waals surface area contributed by atoms with Gasteiger partial charge in [-0.05, 0) is 42.5 Å². The Kier molecular flexibility index (Phi) is 3.22. The standard InChI is InChI=1S/C13H16ClFO/c1-9-3-2-6-13(9,16)8-10-7-11(15)4-5-12(10)14/h4-5,7,9,16H,2-3,6,8H2,1H3. The second kappa shape index (κ2) is 4.34. The van der Waals surface area contributed by atoms with Crippen molar-refractivity contribution < 1.29 is 9.50 Å². The Bertz CT molecular complexity index is 394. The molecule has 1 fully saturated rings. The molecule has 0 saturated heterocycles. The number of halogens is 2. The predicted octanol–water partition coefficient (Wildman–Crippen LogP) is 3.57. The molecule has 1 N–H and O–H groups in total. The molecule has 3 heteroatoms. The van der Waals surface area contributed by atoms with Gasteiger partial charge in [-0.2, -0.15) is 0 Å². The van der Waals surface area contributed by atoms with E-state index in [1.165, 1.54) is 12.1 Å². The summed E-state index contributed by atoms with van der Waals surface area (Å²) in [5.74, 6) is -0.0412. The first-order valence-electron chi connectivity index (χ1n) is 5.67. The first-order valence-corrected chi connectivity index (χ1v) is 6.05. The second-order valence-corrected chi connectivity index (χ2v) is 5.22. The maximum absolute atomic E-state index is 13.1. The van der Waals surface area contributed by atoms with E-state index in [1.807, 2.05) is 6.92 Å². The summed E-state index contributed by atoms with van der Waals surface area (Å²) in [6.07, 6.45) is 3.29. The van der Waals surface area contributed by atoms with Gasteiger partial charge in [0.15, 0.2) is 0 Å². The van der Waals surface area contributed by atoms with Crippen LogP contribution in [0.2, 0.25) is 5.02 Å². The van der Waals surface area contributed by atoms with Gasteiger partial charge in [-0.1, -0.05) is 24.9 Å². The number of hydrogen-bond acceptors (Lipinski definition) is 1. The average molecular weight is 243 g/mol. The van der Waals surface area contributed by atoms with E-state index in [-0.39, 0.29) is 11.7 Å². The molecule has 0 spiro atoms. The molecule has 0 aliphatic heterocycles. The lowest BCUT2D eigenvalue weighted by atomic mass is 9.86. The van der Waals surface area contributed by atoms with Crippen LogP contribution in [0.3, 0.4) is 0 Å². The van der Waals surface area contributed by atoms with Crippen molar-refractivity contribution in [3.8, 4) is 0 Å². The molecule has 16 heavy (non-hydrogen) atoms. The van der Waals surface area contributed by atoms with Crippen LogP contribution in [0, 0.1) is 11.7 Å². The SMILES string of the molecule is CC1CCCC1(O)Cc1cc(F)ccc1Cl. The topological polar surface area (TPSA) is 20.2 Å². The monoisotopic (exact) mass is 242 g/mol. The van der Waals surface area contributed by atoms with Crippen LogP contribution in [0.5, 0.6) is 0 Å². The molecule has 1 aliphatic carbocycles. The molecule has 1 saturated carbocycles. The molecule has 0 heterocycles. The van der Waals surface area contributed by atoms with E-state index in [0.717, 1.165) is 19.3 Å². The average Bonchev–Trinajstić information content (AvgIpc) is 2.53. The molecular weight excluding hydrogens is 227 g/mol. The number of aliphatic hydroxyl groups is 1. The molecule has 88 valence electrons. The Hall–Kier alpha value is -0.600. The van der Waals surface area contributed by atoms with E-state index in [4.69, 9.17) is 11.6 Å². The van der Waals surface area contributed by atoms with Gasteiger partial charge < -0.3 is 5.11 Å². The highest BCUT2D eigenvalue weighted by Crippen LogP contribution is 2.38. The summed E-state index contributed by atoms with van der Waals surface area (Å²) in [7, 11) is 0. The molecule has 2 rings (SSSR count). The normalized spacial score (nSPS) is 29.6. The summed E-state index contributed by atoms with van der Waals surface area (Å²) < 4.78 is 13.1. The van der Waals surface area contributed by atoms with Crippen LogP contribution >= 0.6 is 11.6 Å². The van der Waals surface area contributed by atoms with Gasteiger partial charge in [0.05, 0.1) is 5.60 Å². The number of benzene rings is 1. The van der Waals surface area contributed by atoms with Gasteiger partial charge in [-0.25, -0.2) is 4.39 Å². The third kappa shape index (κ3) is 2.23. The van der Waals surface area contributed by atoms with Crippen molar-refractivity contribution in [2.75, 3.05) is 0 Å². The minimum atomic E-state index is -0.711. The lowest BCUT2D eigenvalue weighted by Gasteiger charge is -2.28. The number of hydrogen-bond donors (Lipinski definition) is 1. The van der Waals surface area contributed by atoms with Crippen molar-refractivity contribution in [3.63, 3.8) is 0 Å². The molecule has 1 aromatic carbocycles. The lowest BCUT2D eigenvalue weighted by molar-refractivity contribution is 0.00957. The quantitative estimate of drug-likeness (QED) is 0.841. The van der Waals surface area contributed by atoms with Crippen LogP contribution < -0.4 is 0 Å². The van der Waals surface area contributed by atoms with E-state index < -0.39 is 5.60 Å². The van der Waals surface area contributed by atoms with Crippen LogP contribution in [0.1, 0.15) is 31.7 Å². The Labute approximate surface area is 100 Å². The highest BCUT2D eigenvalue weighted by molar-refractivity contribution is 6.31. The summed E-state index contributed by atoms with van der Waals surface area (Å²) in [5, 5.41) is 11.0. The highest BCUT2D eigenvalue weighted by Gasteiger charge is 2.38. The van der Waals surface area contributed by atoms with E-state index in [1.54, 1.807) is 6.07 Å². The first-order chi connectivity index (χ1) is 7.51. The Morgan fingerprint density at radius 2 is 2.31 bits per heavy atom. The fourth-order valence-corrected chi connectivity index (χ4v) is 2.69. The first kappa shape index (κ1) is 11.9. The molecule has 2 unspecified atom stereocenters. The third-order valence-corrected chi connectivity index (χ3v) is 4.04. The maximum Gasteiger partial charge on any atom is 0.123 e. The van der Waals surface area contributed by atoms with E-state index in [2.05, 4.69) is 0 Å². The van der Waals surface area contributed by atoms with Crippen LogP contribution in [0.4, 0.5) is 4.39 Å². The van der Waals surface area contributed by atoms with Crippen molar-refractivity contribution in [1.82, 2.24) is 0 Å². The molecule has 0 aromatic heterocycles. The zero-order valence-corrected chi connectivity index (χ0v) is 10.1. The zero-order valence-electron chi connectivity index (χ0n) is 9.34. The highest BCUT2D eigenvalue weighted by atomic mass is 35.5. The predicted molar refractivity (Wildman–Crippen MR) is 63.1 cm³/mol. The third-order valence-electron chi connectivity index (χ3n) is 3.67. The fourth-order valence-electron chi connectivity index (χ4n) is 2.50. The summed E-state index contributed by atoms with van der Waals surface area (Å²) in [4.78, 5) is 0. The van der Waals surface area contributed by atoms with Crippen LogP contribution in [-0.4, -0.2) is 10.7 Å². The van der Waals surface area contributed by atoms with Crippen molar-refractivity contribution in [2.45, 2.75) is 38.2 Å². The van der Waals surface area contributed by atoms with Crippen LogP contribution in [-0.2, 0) is 6.42 Å². The van der Waals surface area contributed by atoms with Gasteiger partial charge in [0, 0.05) is 11.4 Å². The van der Waals surface area contributed by atoms with Crippen molar-refractivity contribution in [2.24, 2.45) is 5.92 Å². The largest absolute Gasteiger partial charge is 0.389 e. The fraction of sp³-hybridized carbons (Fsp3) is 0.538. The van der Waals surface area contributed by atoms with Gasteiger partial charge in [-0.3, -0.25) is 0 Å². The zero-order chi connectivity index (χ0) is 11.8. The van der Waals surface area contributed by atoms with Crippen LogP contribution in [0.15, 0.2) is 18.2 Å². The van der Waals surface area contributed by atoms with E-state index >= 15 is 0 Å². The Morgan fingerprint density at radius 3 is 2.94 bits per heavy atom. The summed E-state index contributed by atoms with van der Waals surface area (Å²) in [5.41, 5.74) is -0.00448. The van der Waals surface area contributed by atoms with Gasteiger partial charge in [0.1, 0.15) is 5.82 Å². The number of rotatable bonds is 2. The van der Waals surface area contributed by atoms with Crippen molar-refractivity contribution >= 4 is 11.6 Å². The van der Waals surface area contributed by atoms with E-state index in [0.29, 0.717) is 17.0 Å². The molecular formula is C13H16ClFO. The molecule has 1 aromatic rings. The minimum absolute atomic E-state index is 0.256. The van der Waals surface area contributed by atoms with Crippen molar-refractivity contribution in [1.29, 1.82) is 0 Å². The van der Waals surface area contributed by atoms with Crippen LogP contribution in [0.25, 0.3) is 0 Å². The Morgan fingerprint density at radius 1 is 1.56 bits per heavy atom. The van der Waals surface area contributed by atoms with Gasteiger partial charge in [0.2, 0.25) is 0 Å². The Balaban J connectivity index is 2.23. The summed E-state index contributed by atoms with van der Waals surface area (Å²) in [6, 6.07) is 4.31. The molecule has 2 atom stereocenters. The summed E-state index contributed by atoms with van der Waals surface area (Å²) in [6.45, 7) is 2.04. The maximum atomic E-state index is 13.1. The second-order valence-electron chi connectivity index (χ2n) is 4.81.